The predicted octanol–water partition coefficient (Wildman–Crippen LogP) is 6.89. The van der Waals surface area contributed by atoms with Crippen LogP contribution in [0.1, 0.15) is 84.5 Å². The van der Waals surface area contributed by atoms with E-state index in [1.54, 1.807) is 33.4 Å². The first kappa shape index (κ1) is 16.6. The molecular weight excluding hydrogens is 336 g/mol. The average molecular weight is 365 g/mol. The highest BCUT2D eigenvalue weighted by molar-refractivity contribution is 5.72. The van der Waals surface area contributed by atoms with Crippen molar-refractivity contribution in [2.75, 3.05) is 0 Å². The van der Waals surface area contributed by atoms with Crippen LogP contribution in [0, 0.1) is 47.5 Å². The van der Waals surface area contributed by atoms with Crippen LogP contribution in [0.25, 0.3) is 0 Å². The molecule has 0 saturated carbocycles. The molecule has 0 radical (unpaired) electrons. The summed E-state index contributed by atoms with van der Waals surface area (Å²) in [6, 6.07) is 14.2. The molecular formula is C28H28. The number of aryl methyl sites for hydroxylation is 6. The molecule has 0 N–H and O–H groups in total. The number of fused-ring (bicyclic) bond motifs is 9. The summed E-state index contributed by atoms with van der Waals surface area (Å²) >= 11 is 0. The maximum absolute atomic E-state index is 2.36. The third kappa shape index (κ3) is 1.70. The molecule has 3 aromatic rings. The molecule has 0 unspecified atom stereocenters. The molecule has 140 valence electrons. The lowest BCUT2D eigenvalue weighted by Crippen LogP contribution is -2.08. The van der Waals surface area contributed by atoms with Crippen LogP contribution < -0.4 is 0 Å². The molecule has 0 aliphatic heterocycles. The molecule has 0 heteroatoms. The SMILES string of the molecule is Cc1ccc(C)c2c1C1c3c(C)ccc(C)c3C3c4c(C)ccc(C)c4C2C13. The van der Waals surface area contributed by atoms with Gasteiger partial charge in [-0.15, -0.1) is 0 Å². The smallest absolute Gasteiger partial charge is 0.0147 e. The third-order valence-corrected chi connectivity index (χ3v) is 8.19. The van der Waals surface area contributed by atoms with Gasteiger partial charge in [-0.2, -0.15) is 0 Å². The molecule has 0 saturated heterocycles. The van der Waals surface area contributed by atoms with Crippen LogP contribution in [-0.2, 0) is 0 Å². The molecule has 28 heavy (non-hydrogen) atoms. The van der Waals surface area contributed by atoms with E-state index < -0.39 is 0 Å². The second kappa shape index (κ2) is 5.17. The average Bonchev–Trinajstić information content (AvgIpc) is 3.29. The lowest BCUT2D eigenvalue weighted by Gasteiger charge is -2.18. The molecule has 6 rings (SSSR count). The normalized spacial score (nSPS) is 25.5. The van der Waals surface area contributed by atoms with E-state index >= 15 is 0 Å². The van der Waals surface area contributed by atoms with Gasteiger partial charge in [0, 0.05) is 17.8 Å². The van der Waals surface area contributed by atoms with Crippen molar-refractivity contribution < 1.29 is 0 Å². The monoisotopic (exact) mass is 364 g/mol. The van der Waals surface area contributed by atoms with Crippen molar-refractivity contribution in [1.82, 2.24) is 0 Å². The molecule has 0 heterocycles. The standard InChI is InChI=1S/C28H28/c1-13-7-8-14(2)20-19(13)25-21-15(3)9-10-16(4)22(21)27-24-18(6)12-11-17(5)23(24)26(20)28(25)27/h7-12,25-28H,1-6H3. The first-order valence-electron chi connectivity index (χ1n) is 10.7. The highest BCUT2D eigenvalue weighted by Crippen LogP contribution is 2.71. The molecule has 0 fully saturated rings. The van der Waals surface area contributed by atoms with E-state index in [0.29, 0.717) is 23.7 Å². The Balaban J connectivity index is 1.83. The first-order chi connectivity index (χ1) is 13.4. The van der Waals surface area contributed by atoms with E-state index in [1.165, 1.54) is 33.4 Å². The zero-order valence-electron chi connectivity index (χ0n) is 17.8. The second-order valence-electron chi connectivity index (χ2n) is 9.59. The zero-order valence-corrected chi connectivity index (χ0v) is 17.8. The minimum atomic E-state index is 0.561. The van der Waals surface area contributed by atoms with Gasteiger partial charge in [0.25, 0.3) is 0 Å². The van der Waals surface area contributed by atoms with E-state index in [-0.39, 0.29) is 0 Å². The summed E-state index contributed by atoms with van der Waals surface area (Å²) < 4.78 is 0. The predicted molar refractivity (Wildman–Crippen MR) is 117 cm³/mol. The fraction of sp³-hybridized carbons (Fsp3) is 0.357. The lowest BCUT2D eigenvalue weighted by atomic mass is 9.84. The molecule has 0 atom stereocenters. The Bertz CT molecular complexity index is 955. The fourth-order valence-electron chi connectivity index (χ4n) is 7.21. The Morgan fingerprint density at radius 2 is 0.536 bits per heavy atom. The van der Waals surface area contributed by atoms with Crippen molar-refractivity contribution in [2.24, 2.45) is 5.92 Å². The van der Waals surface area contributed by atoms with E-state index in [9.17, 15) is 0 Å². The number of benzene rings is 3. The van der Waals surface area contributed by atoms with Gasteiger partial charge in [0.05, 0.1) is 0 Å². The Morgan fingerprint density at radius 1 is 0.357 bits per heavy atom. The quantitative estimate of drug-likeness (QED) is 0.407. The summed E-state index contributed by atoms with van der Waals surface area (Å²) in [5, 5.41) is 0. The fourth-order valence-corrected chi connectivity index (χ4v) is 7.21. The van der Waals surface area contributed by atoms with E-state index in [1.807, 2.05) is 0 Å². The van der Waals surface area contributed by atoms with Crippen LogP contribution in [0.4, 0.5) is 0 Å². The highest BCUT2D eigenvalue weighted by Gasteiger charge is 2.59. The topological polar surface area (TPSA) is 0 Å². The molecule has 0 nitrogen and oxygen atoms in total. The van der Waals surface area contributed by atoms with E-state index in [0.717, 1.165) is 0 Å². The summed E-state index contributed by atoms with van der Waals surface area (Å²) in [5.74, 6) is 2.35. The minimum absolute atomic E-state index is 0.561. The Morgan fingerprint density at radius 3 is 0.714 bits per heavy atom. The molecule has 0 amide bonds. The Hall–Kier alpha value is -2.34. The van der Waals surface area contributed by atoms with E-state index in [2.05, 4.69) is 77.9 Å². The largest absolute Gasteiger partial charge is 0.0587 e. The molecule has 0 spiro atoms. The summed E-state index contributed by atoms with van der Waals surface area (Å²) in [4.78, 5) is 0. The van der Waals surface area contributed by atoms with E-state index in [4.69, 9.17) is 0 Å². The van der Waals surface area contributed by atoms with Gasteiger partial charge in [-0.25, -0.2) is 0 Å². The van der Waals surface area contributed by atoms with Crippen LogP contribution in [0.3, 0.4) is 0 Å². The van der Waals surface area contributed by atoms with Crippen LogP contribution in [-0.4, -0.2) is 0 Å². The van der Waals surface area contributed by atoms with Gasteiger partial charge >= 0.3 is 0 Å². The summed E-state index contributed by atoms with van der Waals surface area (Å²) in [6.45, 7) is 14.0. The van der Waals surface area contributed by atoms with Gasteiger partial charge < -0.3 is 0 Å². The Kier molecular flexibility index (Phi) is 3.07. The van der Waals surface area contributed by atoms with Crippen molar-refractivity contribution in [3.05, 3.63) is 103 Å². The lowest BCUT2D eigenvalue weighted by molar-refractivity contribution is 0.483. The first-order valence-corrected chi connectivity index (χ1v) is 10.7. The third-order valence-electron chi connectivity index (χ3n) is 8.19. The molecule has 3 aromatic carbocycles. The van der Waals surface area contributed by atoms with Crippen LogP contribution >= 0.6 is 0 Å². The molecule has 3 aliphatic rings. The van der Waals surface area contributed by atoms with Crippen molar-refractivity contribution in [1.29, 1.82) is 0 Å². The Labute approximate surface area is 168 Å². The number of hydrogen-bond donors (Lipinski definition) is 0. The van der Waals surface area contributed by atoms with Crippen molar-refractivity contribution in [3.8, 4) is 0 Å². The summed E-state index contributed by atoms with van der Waals surface area (Å²) in [6.07, 6.45) is 0. The molecule has 3 aliphatic carbocycles. The van der Waals surface area contributed by atoms with Gasteiger partial charge in [0.2, 0.25) is 0 Å². The summed E-state index contributed by atoms with van der Waals surface area (Å²) in [5.41, 5.74) is 18.8. The van der Waals surface area contributed by atoms with Gasteiger partial charge in [-0.1, -0.05) is 36.4 Å². The second-order valence-corrected chi connectivity index (χ2v) is 9.59. The van der Waals surface area contributed by atoms with Crippen LogP contribution in [0.15, 0.2) is 36.4 Å². The molecule has 0 aromatic heterocycles. The van der Waals surface area contributed by atoms with Gasteiger partial charge in [-0.3, -0.25) is 0 Å². The highest BCUT2D eigenvalue weighted by atomic mass is 14.6. The molecule has 0 bridgehead atoms. The van der Waals surface area contributed by atoms with Crippen LogP contribution in [0.5, 0.6) is 0 Å². The van der Waals surface area contributed by atoms with Crippen LogP contribution in [0.2, 0.25) is 0 Å². The van der Waals surface area contributed by atoms with Gasteiger partial charge in [0.15, 0.2) is 0 Å². The minimum Gasteiger partial charge on any atom is -0.0587 e. The van der Waals surface area contributed by atoms with Crippen molar-refractivity contribution in [3.63, 3.8) is 0 Å². The number of hydrogen-bond acceptors (Lipinski definition) is 0. The zero-order chi connectivity index (χ0) is 19.5. The van der Waals surface area contributed by atoms with Crippen molar-refractivity contribution in [2.45, 2.75) is 59.3 Å². The number of rotatable bonds is 0. The van der Waals surface area contributed by atoms with Gasteiger partial charge in [-0.05, 0) is 114 Å². The maximum atomic E-state index is 2.36. The maximum Gasteiger partial charge on any atom is 0.0147 e. The van der Waals surface area contributed by atoms with Gasteiger partial charge in [0.1, 0.15) is 0 Å². The van der Waals surface area contributed by atoms with Crippen molar-refractivity contribution >= 4 is 0 Å². The summed E-state index contributed by atoms with van der Waals surface area (Å²) in [7, 11) is 0.